The molecule has 0 saturated carbocycles. The van der Waals surface area contributed by atoms with Gasteiger partial charge in [0.15, 0.2) is 0 Å². The van der Waals surface area contributed by atoms with Crippen molar-refractivity contribution < 1.29 is 19.4 Å². The standard InChI is InChI=1S/C13H17NO4S/c1-13(2,3)18-12(17)14-8-4-7-5-10(11(15)16)19-9(7)6-8/h5,8H,4,6H2,1-3H3,(H,14,17)(H,15,16). The van der Waals surface area contributed by atoms with Crippen LogP contribution in [0.1, 0.15) is 40.9 Å². The molecule has 1 aromatic rings. The van der Waals surface area contributed by atoms with Gasteiger partial charge < -0.3 is 15.2 Å². The van der Waals surface area contributed by atoms with Crippen molar-refractivity contribution in [3.63, 3.8) is 0 Å². The number of nitrogens with one attached hydrogen (secondary N) is 1. The molecule has 0 saturated heterocycles. The molecule has 0 bridgehead atoms. The van der Waals surface area contributed by atoms with Crippen molar-refractivity contribution in [3.8, 4) is 0 Å². The Morgan fingerprint density at radius 1 is 1.42 bits per heavy atom. The number of carboxylic acids is 1. The number of carbonyl (C=O) groups is 2. The van der Waals surface area contributed by atoms with Gasteiger partial charge in [-0.25, -0.2) is 9.59 Å². The minimum absolute atomic E-state index is 0.000977. The molecule has 1 atom stereocenters. The molecule has 5 nitrogen and oxygen atoms in total. The second kappa shape index (κ2) is 4.85. The molecule has 0 fully saturated rings. The maximum Gasteiger partial charge on any atom is 0.407 e. The minimum atomic E-state index is -0.893. The van der Waals surface area contributed by atoms with E-state index in [1.165, 1.54) is 11.3 Å². The predicted octanol–water partition coefficient (Wildman–Crippen LogP) is 2.44. The number of alkyl carbamates (subject to hydrolysis) is 1. The van der Waals surface area contributed by atoms with Crippen molar-refractivity contribution in [2.75, 3.05) is 0 Å². The summed E-state index contributed by atoms with van der Waals surface area (Å²) in [7, 11) is 0. The van der Waals surface area contributed by atoms with Crippen molar-refractivity contribution in [2.24, 2.45) is 0 Å². The first kappa shape index (κ1) is 13.9. The Bertz CT molecular complexity index is 492. The highest BCUT2D eigenvalue weighted by Gasteiger charge is 2.28. The summed E-state index contributed by atoms with van der Waals surface area (Å²) in [6, 6.07) is 1.69. The smallest absolute Gasteiger partial charge is 0.407 e. The van der Waals surface area contributed by atoms with Crippen LogP contribution in [0, 0.1) is 0 Å². The first-order chi connectivity index (χ1) is 8.74. The maximum absolute atomic E-state index is 11.6. The maximum atomic E-state index is 11.6. The average Bonchev–Trinajstić information content (AvgIpc) is 2.70. The van der Waals surface area contributed by atoms with Crippen LogP contribution in [0.2, 0.25) is 0 Å². The molecule has 0 spiro atoms. The molecule has 19 heavy (non-hydrogen) atoms. The van der Waals surface area contributed by atoms with E-state index < -0.39 is 17.7 Å². The van der Waals surface area contributed by atoms with Crippen LogP contribution < -0.4 is 5.32 Å². The van der Waals surface area contributed by atoms with Gasteiger partial charge in [0.25, 0.3) is 0 Å². The lowest BCUT2D eigenvalue weighted by Gasteiger charge is -2.21. The first-order valence-corrected chi connectivity index (χ1v) is 6.90. The van der Waals surface area contributed by atoms with Gasteiger partial charge in [0.05, 0.1) is 0 Å². The molecule has 1 aliphatic rings. The van der Waals surface area contributed by atoms with Gasteiger partial charge >= 0.3 is 12.1 Å². The van der Waals surface area contributed by atoms with Crippen LogP contribution in [0.3, 0.4) is 0 Å². The summed E-state index contributed by atoms with van der Waals surface area (Å²) >= 11 is 1.28. The summed E-state index contributed by atoms with van der Waals surface area (Å²) in [5.74, 6) is -0.893. The Morgan fingerprint density at radius 2 is 2.11 bits per heavy atom. The van der Waals surface area contributed by atoms with Crippen molar-refractivity contribution in [3.05, 3.63) is 21.4 Å². The summed E-state index contributed by atoms with van der Waals surface area (Å²) in [5, 5.41) is 11.7. The molecule has 1 aliphatic carbocycles. The van der Waals surface area contributed by atoms with Crippen LogP contribution in [0.15, 0.2) is 6.07 Å². The number of fused-ring (bicyclic) bond motifs is 1. The number of hydrogen-bond donors (Lipinski definition) is 2. The van der Waals surface area contributed by atoms with Gasteiger partial charge in [0.2, 0.25) is 0 Å². The van der Waals surface area contributed by atoms with Gasteiger partial charge in [-0.2, -0.15) is 0 Å². The topological polar surface area (TPSA) is 75.6 Å². The zero-order valence-corrected chi connectivity index (χ0v) is 12.0. The second-order valence-electron chi connectivity index (χ2n) is 5.62. The zero-order valence-electron chi connectivity index (χ0n) is 11.1. The summed E-state index contributed by atoms with van der Waals surface area (Å²) in [6.45, 7) is 5.45. The number of hydrogen-bond acceptors (Lipinski definition) is 4. The van der Waals surface area contributed by atoms with Crippen LogP contribution in [0.25, 0.3) is 0 Å². The Balaban J connectivity index is 1.92. The summed E-state index contributed by atoms with van der Waals surface area (Å²) in [5.41, 5.74) is 0.507. The Morgan fingerprint density at radius 3 is 2.63 bits per heavy atom. The van der Waals surface area contributed by atoms with Crippen molar-refractivity contribution >= 4 is 23.4 Å². The molecule has 0 aromatic carbocycles. The molecule has 1 unspecified atom stereocenters. The number of aromatic carboxylic acids is 1. The average molecular weight is 283 g/mol. The zero-order chi connectivity index (χ0) is 14.2. The third kappa shape index (κ3) is 3.47. The Hall–Kier alpha value is -1.56. The van der Waals surface area contributed by atoms with E-state index in [0.717, 1.165) is 10.4 Å². The van der Waals surface area contributed by atoms with Crippen LogP contribution in [0.4, 0.5) is 4.79 Å². The summed E-state index contributed by atoms with van der Waals surface area (Å²) in [6.07, 6.45) is 0.913. The van der Waals surface area contributed by atoms with Crippen LogP contribution in [-0.2, 0) is 17.6 Å². The van der Waals surface area contributed by atoms with Crippen molar-refractivity contribution in [1.82, 2.24) is 5.32 Å². The van der Waals surface area contributed by atoms with Crippen LogP contribution >= 0.6 is 11.3 Å². The third-order valence-corrected chi connectivity index (χ3v) is 3.91. The van der Waals surface area contributed by atoms with E-state index in [-0.39, 0.29) is 6.04 Å². The van der Waals surface area contributed by atoms with Gasteiger partial charge in [-0.05, 0) is 38.8 Å². The van der Waals surface area contributed by atoms with Gasteiger partial charge in [-0.1, -0.05) is 0 Å². The van der Waals surface area contributed by atoms with E-state index in [1.807, 2.05) is 20.8 Å². The van der Waals surface area contributed by atoms with Crippen molar-refractivity contribution in [2.45, 2.75) is 45.3 Å². The van der Waals surface area contributed by atoms with E-state index in [4.69, 9.17) is 9.84 Å². The molecule has 1 amide bonds. The van der Waals surface area contributed by atoms with E-state index >= 15 is 0 Å². The quantitative estimate of drug-likeness (QED) is 0.874. The summed E-state index contributed by atoms with van der Waals surface area (Å²) in [4.78, 5) is 23.9. The molecule has 1 aromatic heterocycles. The van der Waals surface area contributed by atoms with Gasteiger partial charge in [0.1, 0.15) is 10.5 Å². The molecular formula is C13H17NO4S. The Kier molecular flexibility index (Phi) is 3.54. The van der Waals surface area contributed by atoms with E-state index in [1.54, 1.807) is 6.07 Å². The molecule has 2 rings (SSSR count). The Labute approximate surface area is 115 Å². The van der Waals surface area contributed by atoms with E-state index in [0.29, 0.717) is 17.7 Å². The lowest BCUT2D eigenvalue weighted by molar-refractivity contribution is 0.0505. The monoisotopic (exact) mass is 283 g/mol. The van der Waals surface area contributed by atoms with Gasteiger partial charge in [-0.3, -0.25) is 0 Å². The number of thiophene rings is 1. The number of rotatable bonds is 2. The number of ether oxygens (including phenoxy) is 1. The SMILES string of the molecule is CC(C)(C)OC(=O)NC1Cc2cc(C(=O)O)sc2C1. The predicted molar refractivity (Wildman–Crippen MR) is 71.8 cm³/mol. The number of amides is 1. The first-order valence-electron chi connectivity index (χ1n) is 6.09. The van der Waals surface area contributed by atoms with Crippen molar-refractivity contribution in [1.29, 1.82) is 0 Å². The molecule has 0 aliphatic heterocycles. The fourth-order valence-corrected chi connectivity index (χ4v) is 3.17. The second-order valence-corrected chi connectivity index (χ2v) is 6.75. The van der Waals surface area contributed by atoms with Gasteiger partial charge in [-0.15, -0.1) is 11.3 Å². The van der Waals surface area contributed by atoms with Crippen LogP contribution in [0.5, 0.6) is 0 Å². The van der Waals surface area contributed by atoms with E-state index in [9.17, 15) is 9.59 Å². The lowest BCUT2D eigenvalue weighted by atomic mass is 10.2. The largest absolute Gasteiger partial charge is 0.477 e. The van der Waals surface area contributed by atoms with Gasteiger partial charge in [0, 0.05) is 17.3 Å². The molecule has 6 heteroatoms. The summed E-state index contributed by atoms with van der Waals surface area (Å²) < 4.78 is 5.20. The molecular weight excluding hydrogens is 266 g/mol. The fraction of sp³-hybridized carbons (Fsp3) is 0.538. The van der Waals surface area contributed by atoms with Crippen LogP contribution in [-0.4, -0.2) is 28.8 Å². The highest BCUT2D eigenvalue weighted by Crippen LogP contribution is 2.31. The fourth-order valence-electron chi connectivity index (χ4n) is 2.06. The number of carbonyl (C=O) groups excluding carboxylic acids is 1. The normalized spacial score (nSPS) is 17.9. The highest BCUT2D eigenvalue weighted by molar-refractivity contribution is 7.14. The molecule has 104 valence electrons. The number of carboxylic acid groups (broad SMARTS) is 1. The molecule has 2 N–H and O–H groups in total. The lowest BCUT2D eigenvalue weighted by Crippen LogP contribution is -2.39. The molecule has 1 heterocycles. The minimum Gasteiger partial charge on any atom is -0.477 e. The van der Waals surface area contributed by atoms with E-state index in [2.05, 4.69) is 5.32 Å². The highest BCUT2D eigenvalue weighted by atomic mass is 32.1. The molecule has 0 radical (unpaired) electrons. The third-order valence-electron chi connectivity index (χ3n) is 2.73.